The molecule has 0 unspecified atom stereocenters. The first kappa shape index (κ1) is 14.9. The van der Waals surface area contributed by atoms with Gasteiger partial charge in [-0.25, -0.2) is 0 Å². The number of nitrogens with zero attached hydrogens (tertiary/aromatic N) is 1. The molecule has 1 aromatic rings. The Morgan fingerprint density at radius 3 is 2.50 bits per heavy atom. The zero-order valence-corrected chi connectivity index (χ0v) is 12.0. The summed E-state index contributed by atoms with van der Waals surface area (Å²) in [5.41, 5.74) is 7.13. The van der Waals surface area contributed by atoms with E-state index in [4.69, 9.17) is 28.9 Å². The molecular weight excluding hydrogens is 273 g/mol. The van der Waals surface area contributed by atoms with Gasteiger partial charge in [0.1, 0.15) is 0 Å². The fourth-order valence-electron chi connectivity index (χ4n) is 1.62. The maximum absolute atomic E-state index is 11.6. The van der Waals surface area contributed by atoms with Crippen molar-refractivity contribution in [3.63, 3.8) is 0 Å². The van der Waals surface area contributed by atoms with Crippen molar-refractivity contribution in [3.05, 3.63) is 22.2 Å². The number of nitrogens with one attached hydrogen (secondary N) is 1. The van der Waals surface area contributed by atoms with Crippen LogP contribution in [0.1, 0.15) is 13.8 Å². The molecule has 18 heavy (non-hydrogen) atoms. The molecule has 1 rings (SSSR count). The van der Waals surface area contributed by atoms with Gasteiger partial charge in [-0.1, -0.05) is 23.2 Å². The molecule has 6 heteroatoms. The number of hydrogen-bond donors (Lipinski definition) is 2. The lowest BCUT2D eigenvalue weighted by Gasteiger charge is -2.24. The highest BCUT2D eigenvalue weighted by atomic mass is 35.5. The van der Waals surface area contributed by atoms with Gasteiger partial charge in [-0.3, -0.25) is 4.79 Å². The van der Waals surface area contributed by atoms with Crippen LogP contribution < -0.4 is 16.0 Å². The van der Waals surface area contributed by atoms with Crippen LogP contribution in [0.25, 0.3) is 0 Å². The molecule has 0 atom stereocenters. The lowest BCUT2D eigenvalue weighted by molar-refractivity contribution is -0.119. The number of anilines is 2. The van der Waals surface area contributed by atoms with Crippen LogP contribution >= 0.6 is 23.2 Å². The molecule has 4 nitrogen and oxygen atoms in total. The average Bonchev–Trinajstić information content (AvgIpc) is 2.31. The summed E-state index contributed by atoms with van der Waals surface area (Å²) in [5, 5.41) is 3.58. The van der Waals surface area contributed by atoms with E-state index in [2.05, 4.69) is 5.32 Å². The molecule has 0 spiro atoms. The summed E-state index contributed by atoms with van der Waals surface area (Å²) < 4.78 is 0. The van der Waals surface area contributed by atoms with E-state index in [9.17, 15) is 4.79 Å². The second-order valence-corrected chi connectivity index (χ2v) is 4.61. The van der Waals surface area contributed by atoms with Crippen LogP contribution in [-0.4, -0.2) is 25.5 Å². The number of carbonyl (C=O) groups excluding carboxylic acids is 1. The number of nitrogens with two attached hydrogens (primary N) is 1. The zero-order valence-electron chi connectivity index (χ0n) is 10.5. The van der Waals surface area contributed by atoms with Crippen molar-refractivity contribution < 1.29 is 4.79 Å². The Hall–Kier alpha value is -1.13. The zero-order chi connectivity index (χ0) is 13.7. The maximum atomic E-state index is 11.6. The second kappa shape index (κ2) is 6.71. The predicted octanol–water partition coefficient (Wildman–Crippen LogP) is 2.54. The fourth-order valence-corrected chi connectivity index (χ4v) is 1.95. The van der Waals surface area contributed by atoms with Gasteiger partial charge in [0.2, 0.25) is 5.91 Å². The van der Waals surface area contributed by atoms with E-state index < -0.39 is 0 Å². The molecule has 1 aromatic carbocycles. The van der Waals surface area contributed by atoms with Crippen molar-refractivity contribution >= 4 is 40.5 Å². The number of nitrogen functional groups attached to an aromatic ring is 1. The first-order valence-corrected chi connectivity index (χ1v) is 6.51. The second-order valence-electron chi connectivity index (χ2n) is 3.79. The van der Waals surface area contributed by atoms with Crippen LogP contribution in [0.4, 0.5) is 11.4 Å². The minimum Gasteiger partial charge on any atom is -0.397 e. The highest BCUT2D eigenvalue weighted by molar-refractivity contribution is 6.42. The molecule has 0 saturated heterocycles. The van der Waals surface area contributed by atoms with Crippen molar-refractivity contribution in [2.75, 3.05) is 30.3 Å². The summed E-state index contributed by atoms with van der Waals surface area (Å²) in [6.45, 7) is 5.32. The Labute approximate surface area is 117 Å². The summed E-state index contributed by atoms with van der Waals surface area (Å²) in [5.74, 6) is -0.0511. The number of likely N-dealkylation sites (N-methyl/N-ethyl adjacent to an activating group) is 2. The van der Waals surface area contributed by atoms with Crippen LogP contribution in [0.3, 0.4) is 0 Å². The van der Waals surface area contributed by atoms with Crippen LogP contribution in [0, 0.1) is 0 Å². The number of halogens is 2. The SMILES string of the molecule is CCNC(=O)CN(CC)c1cc(Cl)c(Cl)cc1N. The third-order valence-electron chi connectivity index (χ3n) is 2.50. The first-order chi connectivity index (χ1) is 8.49. The highest BCUT2D eigenvalue weighted by Crippen LogP contribution is 2.32. The standard InChI is InChI=1S/C12H17Cl2N3O/c1-3-16-12(18)7-17(4-2)11-6-9(14)8(13)5-10(11)15/h5-6H,3-4,7,15H2,1-2H3,(H,16,18). The Kier molecular flexibility index (Phi) is 5.56. The molecule has 0 saturated carbocycles. The molecule has 0 aromatic heterocycles. The number of hydrogen-bond acceptors (Lipinski definition) is 3. The average molecular weight is 290 g/mol. The molecular formula is C12H17Cl2N3O. The van der Waals surface area contributed by atoms with Gasteiger partial charge in [-0.05, 0) is 26.0 Å². The third-order valence-corrected chi connectivity index (χ3v) is 3.22. The summed E-state index contributed by atoms with van der Waals surface area (Å²) in [6, 6.07) is 3.28. The van der Waals surface area contributed by atoms with Crippen molar-refractivity contribution in [2.24, 2.45) is 0 Å². The van der Waals surface area contributed by atoms with Crippen molar-refractivity contribution in [2.45, 2.75) is 13.8 Å². The van der Waals surface area contributed by atoms with Gasteiger partial charge in [-0.2, -0.15) is 0 Å². The van der Waals surface area contributed by atoms with E-state index in [0.29, 0.717) is 28.8 Å². The van der Waals surface area contributed by atoms with E-state index in [-0.39, 0.29) is 12.5 Å². The Bertz CT molecular complexity index is 438. The van der Waals surface area contributed by atoms with E-state index in [1.165, 1.54) is 0 Å². The molecule has 3 N–H and O–H groups in total. The summed E-state index contributed by atoms with van der Waals surface area (Å²) >= 11 is 11.8. The van der Waals surface area contributed by atoms with Crippen LogP contribution in [-0.2, 0) is 4.79 Å². The Morgan fingerprint density at radius 1 is 1.33 bits per heavy atom. The predicted molar refractivity (Wildman–Crippen MR) is 77.4 cm³/mol. The quantitative estimate of drug-likeness (QED) is 0.819. The fraction of sp³-hybridized carbons (Fsp3) is 0.417. The van der Waals surface area contributed by atoms with E-state index in [1.807, 2.05) is 18.7 Å². The summed E-state index contributed by atoms with van der Waals surface area (Å²) in [6.07, 6.45) is 0. The van der Waals surface area contributed by atoms with E-state index >= 15 is 0 Å². The van der Waals surface area contributed by atoms with Gasteiger partial charge in [0.25, 0.3) is 0 Å². The lowest BCUT2D eigenvalue weighted by atomic mass is 10.2. The van der Waals surface area contributed by atoms with Gasteiger partial charge >= 0.3 is 0 Å². The summed E-state index contributed by atoms with van der Waals surface area (Å²) in [7, 11) is 0. The Balaban J connectivity index is 2.95. The van der Waals surface area contributed by atoms with Crippen molar-refractivity contribution in [1.82, 2.24) is 5.32 Å². The van der Waals surface area contributed by atoms with Crippen LogP contribution in [0.15, 0.2) is 12.1 Å². The summed E-state index contributed by atoms with van der Waals surface area (Å²) in [4.78, 5) is 13.4. The van der Waals surface area contributed by atoms with Crippen LogP contribution in [0.2, 0.25) is 10.0 Å². The Morgan fingerprint density at radius 2 is 1.94 bits per heavy atom. The minimum atomic E-state index is -0.0511. The smallest absolute Gasteiger partial charge is 0.239 e. The van der Waals surface area contributed by atoms with Crippen molar-refractivity contribution in [3.8, 4) is 0 Å². The number of carbonyl (C=O) groups is 1. The molecule has 1 amide bonds. The minimum absolute atomic E-state index is 0.0511. The maximum Gasteiger partial charge on any atom is 0.239 e. The van der Waals surface area contributed by atoms with Gasteiger partial charge in [-0.15, -0.1) is 0 Å². The topological polar surface area (TPSA) is 58.4 Å². The number of benzene rings is 1. The highest BCUT2D eigenvalue weighted by Gasteiger charge is 2.14. The molecule has 100 valence electrons. The van der Waals surface area contributed by atoms with Gasteiger partial charge in [0.05, 0.1) is 28.0 Å². The van der Waals surface area contributed by atoms with Gasteiger partial charge in [0, 0.05) is 13.1 Å². The lowest BCUT2D eigenvalue weighted by Crippen LogP contribution is -2.37. The number of amides is 1. The monoisotopic (exact) mass is 289 g/mol. The molecule has 0 heterocycles. The first-order valence-electron chi connectivity index (χ1n) is 5.75. The third kappa shape index (κ3) is 3.68. The van der Waals surface area contributed by atoms with Gasteiger partial charge in [0.15, 0.2) is 0 Å². The molecule has 0 aliphatic heterocycles. The van der Waals surface area contributed by atoms with E-state index in [0.717, 1.165) is 5.69 Å². The van der Waals surface area contributed by atoms with Crippen LogP contribution in [0.5, 0.6) is 0 Å². The van der Waals surface area contributed by atoms with Gasteiger partial charge < -0.3 is 16.0 Å². The molecule has 0 aliphatic carbocycles. The molecule has 0 aliphatic rings. The molecule has 0 fully saturated rings. The number of rotatable bonds is 5. The largest absolute Gasteiger partial charge is 0.397 e. The van der Waals surface area contributed by atoms with Crippen molar-refractivity contribution in [1.29, 1.82) is 0 Å². The molecule has 0 radical (unpaired) electrons. The molecule has 0 bridgehead atoms. The normalized spacial score (nSPS) is 10.2. The van der Waals surface area contributed by atoms with E-state index in [1.54, 1.807) is 12.1 Å².